The van der Waals surface area contributed by atoms with E-state index in [0.717, 1.165) is 62.0 Å². The van der Waals surface area contributed by atoms with E-state index in [1.807, 2.05) is 25.1 Å². The number of amides is 3. The Balaban J connectivity index is 1.17. The Labute approximate surface area is 238 Å². The van der Waals surface area contributed by atoms with E-state index in [4.69, 9.17) is 4.52 Å². The molecule has 4 unspecified atom stereocenters. The number of hydrogen-bond acceptors (Lipinski definition) is 6. The van der Waals surface area contributed by atoms with E-state index < -0.39 is 0 Å². The van der Waals surface area contributed by atoms with E-state index in [1.165, 1.54) is 13.3 Å². The molecule has 1 N–H and O–H groups in total. The number of fused-ring (bicyclic) bond motifs is 1. The van der Waals surface area contributed by atoms with Gasteiger partial charge in [-0.25, -0.2) is 0 Å². The Morgan fingerprint density at radius 3 is 2.45 bits per heavy atom. The highest BCUT2D eigenvalue weighted by Crippen LogP contribution is 2.41. The molecule has 40 heavy (non-hydrogen) atoms. The van der Waals surface area contributed by atoms with Crippen molar-refractivity contribution in [2.75, 3.05) is 32.7 Å². The molecular weight excluding hydrogens is 504 g/mol. The van der Waals surface area contributed by atoms with Gasteiger partial charge in [-0.3, -0.25) is 19.3 Å². The van der Waals surface area contributed by atoms with Crippen LogP contribution in [0.15, 0.2) is 28.8 Å². The van der Waals surface area contributed by atoms with E-state index >= 15 is 0 Å². The SMILES string of the molecule is CCC1C(=O)N(C[C@H]2CCC[C@@H]2CN2CCC(c3noc4ccccc34)CC2)C(=O)C1C(C)C(C)CNC(C)=O. The van der Waals surface area contributed by atoms with Gasteiger partial charge in [-0.2, -0.15) is 0 Å². The van der Waals surface area contributed by atoms with Gasteiger partial charge in [0, 0.05) is 37.9 Å². The first-order valence-corrected chi connectivity index (χ1v) is 15.4. The molecular formula is C32H46N4O4. The second-order valence-corrected chi connectivity index (χ2v) is 12.7. The number of piperidine rings is 1. The molecule has 218 valence electrons. The van der Waals surface area contributed by atoms with Crippen molar-refractivity contribution in [1.82, 2.24) is 20.3 Å². The molecule has 2 aromatic rings. The summed E-state index contributed by atoms with van der Waals surface area (Å²) in [6, 6.07) is 8.12. The molecule has 1 aromatic carbocycles. The van der Waals surface area contributed by atoms with Crippen LogP contribution in [0.4, 0.5) is 0 Å². The second kappa shape index (κ2) is 12.4. The van der Waals surface area contributed by atoms with Gasteiger partial charge in [0.25, 0.3) is 0 Å². The topological polar surface area (TPSA) is 95.8 Å². The molecule has 1 saturated carbocycles. The Hall–Kier alpha value is -2.74. The molecule has 0 spiro atoms. The molecule has 6 atom stereocenters. The van der Waals surface area contributed by atoms with Gasteiger partial charge < -0.3 is 14.7 Å². The fraction of sp³-hybridized carbons (Fsp3) is 0.688. The Morgan fingerprint density at radius 1 is 1.05 bits per heavy atom. The number of imide groups is 1. The number of benzene rings is 1. The summed E-state index contributed by atoms with van der Waals surface area (Å²) >= 11 is 0. The van der Waals surface area contributed by atoms with Gasteiger partial charge in [-0.1, -0.05) is 44.5 Å². The highest BCUT2D eigenvalue weighted by Gasteiger charge is 2.50. The van der Waals surface area contributed by atoms with E-state index in [0.29, 0.717) is 37.3 Å². The lowest BCUT2D eigenvalue weighted by Gasteiger charge is -2.35. The zero-order valence-electron chi connectivity index (χ0n) is 24.6. The Bertz CT molecular complexity index is 1200. The van der Waals surface area contributed by atoms with Crippen molar-refractivity contribution >= 4 is 28.7 Å². The van der Waals surface area contributed by atoms with Crippen molar-refractivity contribution in [2.45, 2.75) is 72.1 Å². The van der Waals surface area contributed by atoms with Gasteiger partial charge in [0.05, 0.1) is 17.5 Å². The summed E-state index contributed by atoms with van der Waals surface area (Å²) in [5.41, 5.74) is 1.96. The van der Waals surface area contributed by atoms with E-state index in [2.05, 4.69) is 35.3 Å². The van der Waals surface area contributed by atoms with Crippen LogP contribution >= 0.6 is 0 Å². The zero-order valence-corrected chi connectivity index (χ0v) is 24.6. The van der Waals surface area contributed by atoms with Crippen molar-refractivity contribution in [3.8, 4) is 0 Å². The minimum absolute atomic E-state index is 0.00493. The quantitative estimate of drug-likeness (QED) is 0.425. The molecule has 1 aliphatic carbocycles. The second-order valence-electron chi connectivity index (χ2n) is 12.7. The molecule has 8 nitrogen and oxygen atoms in total. The molecule has 5 rings (SSSR count). The van der Waals surface area contributed by atoms with Gasteiger partial charge in [0.2, 0.25) is 17.7 Å². The van der Waals surface area contributed by atoms with Gasteiger partial charge >= 0.3 is 0 Å². The summed E-state index contributed by atoms with van der Waals surface area (Å²) in [5, 5.41) is 8.43. The smallest absolute Gasteiger partial charge is 0.233 e. The molecule has 3 heterocycles. The largest absolute Gasteiger partial charge is 0.356 e. The van der Waals surface area contributed by atoms with E-state index in [1.54, 1.807) is 4.90 Å². The fourth-order valence-corrected chi connectivity index (χ4v) is 7.61. The first kappa shape index (κ1) is 28.8. The molecule has 2 saturated heterocycles. The number of likely N-dealkylation sites (tertiary alicyclic amines) is 2. The normalized spacial score (nSPS) is 27.9. The minimum atomic E-state index is -0.298. The lowest BCUT2D eigenvalue weighted by Crippen LogP contribution is -2.41. The predicted molar refractivity (Wildman–Crippen MR) is 154 cm³/mol. The maximum Gasteiger partial charge on any atom is 0.233 e. The molecule has 0 bridgehead atoms. The van der Waals surface area contributed by atoms with Crippen LogP contribution in [0.1, 0.15) is 77.8 Å². The van der Waals surface area contributed by atoms with Crippen molar-refractivity contribution in [3.05, 3.63) is 30.0 Å². The van der Waals surface area contributed by atoms with Crippen LogP contribution in [0.5, 0.6) is 0 Å². The van der Waals surface area contributed by atoms with E-state index in [-0.39, 0.29) is 41.4 Å². The Kier molecular flexibility index (Phi) is 8.93. The molecule has 0 radical (unpaired) electrons. The maximum absolute atomic E-state index is 13.7. The van der Waals surface area contributed by atoms with Crippen LogP contribution in [-0.4, -0.2) is 65.4 Å². The van der Waals surface area contributed by atoms with Gasteiger partial charge in [-0.15, -0.1) is 0 Å². The molecule has 3 aliphatic rings. The number of rotatable bonds is 10. The van der Waals surface area contributed by atoms with Crippen LogP contribution < -0.4 is 5.32 Å². The molecule has 2 aliphatic heterocycles. The fourth-order valence-electron chi connectivity index (χ4n) is 7.61. The van der Waals surface area contributed by atoms with Gasteiger partial charge in [-0.05, 0) is 81.0 Å². The molecule has 3 fully saturated rings. The summed E-state index contributed by atoms with van der Waals surface area (Å²) in [4.78, 5) is 42.8. The average Bonchev–Trinajstić information content (AvgIpc) is 3.64. The molecule has 1 aromatic heterocycles. The third-order valence-corrected chi connectivity index (χ3v) is 10.3. The maximum atomic E-state index is 13.7. The van der Waals surface area contributed by atoms with Crippen LogP contribution in [0.25, 0.3) is 11.0 Å². The van der Waals surface area contributed by atoms with Crippen LogP contribution in [0, 0.1) is 35.5 Å². The minimum Gasteiger partial charge on any atom is -0.356 e. The summed E-state index contributed by atoms with van der Waals surface area (Å²) in [6.45, 7) is 11.9. The van der Waals surface area contributed by atoms with Crippen molar-refractivity contribution < 1.29 is 18.9 Å². The monoisotopic (exact) mass is 550 g/mol. The Morgan fingerprint density at radius 2 is 1.75 bits per heavy atom. The lowest BCUT2D eigenvalue weighted by atomic mass is 9.76. The van der Waals surface area contributed by atoms with Crippen LogP contribution in [0.3, 0.4) is 0 Å². The predicted octanol–water partition coefficient (Wildman–Crippen LogP) is 4.84. The highest BCUT2D eigenvalue weighted by molar-refractivity contribution is 6.05. The van der Waals surface area contributed by atoms with Gasteiger partial charge in [0.1, 0.15) is 0 Å². The summed E-state index contributed by atoms with van der Waals surface area (Å²) in [7, 11) is 0. The van der Waals surface area contributed by atoms with Gasteiger partial charge in [0.15, 0.2) is 5.58 Å². The number of nitrogens with one attached hydrogen (secondary N) is 1. The summed E-state index contributed by atoms with van der Waals surface area (Å²) in [6.07, 6.45) is 6.24. The molecule has 8 heteroatoms. The number of hydrogen-bond donors (Lipinski definition) is 1. The first-order chi connectivity index (χ1) is 19.3. The van der Waals surface area contributed by atoms with Crippen LogP contribution in [0.2, 0.25) is 0 Å². The summed E-state index contributed by atoms with van der Waals surface area (Å²) in [5.74, 6) is 0.863. The zero-order chi connectivity index (χ0) is 28.4. The third-order valence-electron chi connectivity index (χ3n) is 10.3. The highest BCUT2D eigenvalue weighted by atomic mass is 16.5. The number of para-hydroxylation sites is 1. The lowest BCUT2D eigenvalue weighted by molar-refractivity contribution is -0.141. The average molecular weight is 551 g/mol. The van der Waals surface area contributed by atoms with Crippen molar-refractivity contribution in [1.29, 1.82) is 0 Å². The number of carbonyl (C=O) groups is 3. The number of nitrogens with zero attached hydrogens (tertiary/aromatic N) is 3. The van der Waals surface area contributed by atoms with Crippen LogP contribution in [-0.2, 0) is 14.4 Å². The number of aromatic nitrogens is 1. The van der Waals surface area contributed by atoms with Crippen molar-refractivity contribution in [3.63, 3.8) is 0 Å². The molecule has 3 amide bonds. The summed E-state index contributed by atoms with van der Waals surface area (Å²) < 4.78 is 5.56. The van der Waals surface area contributed by atoms with E-state index in [9.17, 15) is 14.4 Å². The third kappa shape index (κ3) is 5.83. The number of carbonyl (C=O) groups excluding carboxylic acids is 3. The van der Waals surface area contributed by atoms with Crippen molar-refractivity contribution in [2.24, 2.45) is 35.5 Å². The standard InChI is InChI=1S/C32H46N4O4/c1-5-26-29(21(3)20(2)17-33-22(4)37)32(39)36(31(26)38)19-25-10-8-9-24(25)18-35-15-13-23(14-16-35)30-27-11-6-7-12-28(27)40-34-30/h6-7,11-12,20-21,23-26,29H,5,8-10,13-19H2,1-4H3,(H,33,37)/t20?,21?,24-,25-,26?,29?/m1/s1. The first-order valence-electron chi connectivity index (χ1n) is 15.4.